The van der Waals surface area contributed by atoms with Crippen molar-refractivity contribution < 1.29 is 58.2 Å². The van der Waals surface area contributed by atoms with Crippen LogP contribution in [0.15, 0.2) is 60.7 Å². The summed E-state index contributed by atoms with van der Waals surface area (Å²) in [5.41, 5.74) is 0.823. The molecule has 0 spiro atoms. The van der Waals surface area contributed by atoms with E-state index in [1.165, 1.54) is 84.3 Å². The summed E-state index contributed by atoms with van der Waals surface area (Å²) in [5.74, 6) is -2.99. The topological polar surface area (TPSA) is 298 Å². The number of amides is 6. The van der Waals surface area contributed by atoms with Gasteiger partial charge in [0.05, 0.1) is 42.8 Å². The van der Waals surface area contributed by atoms with Crippen LogP contribution in [0.1, 0.15) is 27.9 Å². The van der Waals surface area contributed by atoms with E-state index >= 15 is 0 Å². The highest BCUT2D eigenvalue weighted by atomic mass is 33.1. The molecule has 1 fully saturated rings. The lowest BCUT2D eigenvalue weighted by Gasteiger charge is -2.33. The second-order valence-electron chi connectivity index (χ2n) is 17.3. The van der Waals surface area contributed by atoms with E-state index in [0.29, 0.717) is 29.0 Å². The van der Waals surface area contributed by atoms with Gasteiger partial charge in [-0.25, -0.2) is 9.97 Å². The number of likely N-dealkylation sites (N-methyl/N-ethyl adjacent to an activating group) is 5. The SMILES string of the molecule is CCSC.CN[C@H](CSC(=O)CN(C)C(=O)C1CSSCC(N(C)C)C(=O)N(C)[C@@H](CSC)C(=O)SC[C@@H](NC(=O)c2nc3ccccc3cc2O)C(=O)NCC(=O)N1C)C(=O)NCC=O.O=Cc1nc2ccccc2cc1O. The summed E-state index contributed by atoms with van der Waals surface area (Å²) < 4.78 is 0. The summed E-state index contributed by atoms with van der Waals surface area (Å²) in [6.07, 6.45) is 4.96. The van der Waals surface area contributed by atoms with Crippen LogP contribution in [0.25, 0.3) is 21.8 Å². The minimum atomic E-state index is -1.44. The Morgan fingerprint density at radius 2 is 1.48 bits per heavy atom. The van der Waals surface area contributed by atoms with Gasteiger partial charge in [-0.15, -0.1) is 0 Å². The minimum Gasteiger partial charge on any atom is -0.506 e. The maximum Gasteiger partial charge on any atom is 0.274 e. The van der Waals surface area contributed by atoms with Gasteiger partial charge in [0.1, 0.15) is 41.6 Å². The van der Waals surface area contributed by atoms with Crippen molar-refractivity contribution in [2.75, 3.05) is 109 Å². The number of rotatable bonds is 16. The van der Waals surface area contributed by atoms with Crippen molar-refractivity contribution in [3.8, 4) is 11.5 Å². The van der Waals surface area contributed by atoms with Crippen LogP contribution in [0.5, 0.6) is 11.5 Å². The van der Waals surface area contributed by atoms with E-state index in [0.717, 1.165) is 38.7 Å². The Morgan fingerprint density at radius 3 is 2.06 bits per heavy atom. The van der Waals surface area contributed by atoms with Crippen molar-refractivity contribution in [2.24, 2.45) is 0 Å². The first-order chi connectivity index (χ1) is 37.7. The lowest BCUT2D eigenvalue weighted by Crippen LogP contribution is -2.55. The smallest absolute Gasteiger partial charge is 0.274 e. The molecule has 28 heteroatoms. The molecule has 2 unspecified atom stereocenters. The van der Waals surface area contributed by atoms with Crippen LogP contribution >= 0.6 is 68.6 Å². The van der Waals surface area contributed by atoms with Crippen molar-refractivity contribution in [2.45, 2.75) is 37.1 Å². The Balaban J connectivity index is 0.000000813. The van der Waals surface area contributed by atoms with Crippen molar-refractivity contribution in [1.82, 2.24) is 50.8 Å². The lowest BCUT2D eigenvalue weighted by molar-refractivity contribution is -0.143. The highest BCUT2D eigenvalue weighted by molar-refractivity contribution is 8.76. The molecular weight excluding hydrogens is 1140 g/mol. The minimum absolute atomic E-state index is 0.0133. The molecular formula is C51H68N10O12S6. The van der Waals surface area contributed by atoms with Gasteiger partial charge >= 0.3 is 0 Å². The summed E-state index contributed by atoms with van der Waals surface area (Å²) in [4.78, 5) is 143. The summed E-state index contributed by atoms with van der Waals surface area (Å²) in [6, 6.07) is 12.0. The van der Waals surface area contributed by atoms with Gasteiger partial charge in [-0.05, 0) is 63.7 Å². The largest absolute Gasteiger partial charge is 0.506 e. The number of pyridine rings is 2. The number of hydrogen-bond acceptors (Lipinski definition) is 22. The highest BCUT2D eigenvalue weighted by Gasteiger charge is 2.36. The lowest BCUT2D eigenvalue weighted by atomic mass is 10.1. The van der Waals surface area contributed by atoms with Crippen molar-refractivity contribution in [3.63, 3.8) is 0 Å². The van der Waals surface area contributed by atoms with E-state index in [9.17, 15) is 58.2 Å². The van der Waals surface area contributed by atoms with Crippen molar-refractivity contribution in [3.05, 3.63) is 72.1 Å². The van der Waals surface area contributed by atoms with Crippen LogP contribution in [0.3, 0.4) is 0 Å². The average Bonchev–Trinajstić information content (AvgIpc) is 3.43. The van der Waals surface area contributed by atoms with Crippen molar-refractivity contribution in [1.29, 1.82) is 0 Å². The third-order valence-electron chi connectivity index (χ3n) is 11.7. The maximum atomic E-state index is 14.0. The van der Waals surface area contributed by atoms with E-state index in [4.69, 9.17) is 0 Å². The molecule has 6 N–H and O–H groups in total. The zero-order chi connectivity index (χ0) is 58.8. The molecule has 0 saturated carbocycles. The number of carbonyl (C=O) groups excluding carboxylic acids is 10. The summed E-state index contributed by atoms with van der Waals surface area (Å²) in [5, 5.41) is 30.8. The molecule has 1 aliphatic rings. The van der Waals surface area contributed by atoms with Crippen LogP contribution < -0.4 is 21.3 Å². The van der Waals surface area contributed by atoms with Crippen LogP contribution in [0.2, 0.25) is 0 Å². The fourth-order valence-electron chi connectivity index (χ4n) is 6.94. The predicted molar refractivity (Wildman–Crippen MR) is 319 cm³/mol. The third kappa shape index (κ3) is 21.1. The van der Waals surface area contributed by atoms with E-state index in [1.54, 1.807) is 55.6 Å². The molecule has 1 saturated heterocycles. The molecule has 6 amide bonds. The normalized spacial score (nSPS) is 18.2. The van der Waals surface area contributed by atoms with E-state index in [1.807, 2.05) is 30.0 Å². The molecule has 4 aromatic rings. The van der Waals surface area contributed by atoms with Crippen molar-refractivity contribution >= 4 is 149 Å². The quantitative estimate of drug-likeness (QED) is 0.0694. The monoisotopic (exact) mass is 1200 g/mol. The van der Waals surface area contributed by atoms with Crippen LogP contribution in [0.4, 0.5) is 0 Å². The Labute approximate surface area is 484 Å². The highest BCUT2D eigenvalue weighted by Crippen LogP contribution is 2.28. The number of aldehydes is 2. The van der Waals surface area contributed by atoms with Gasteiger partial charge in [0.2, 0.25) is 39.8 Å². The Bertz CT molecular complexity index is 2760. The summed E-state index contributed by atoms with van der Waals surface area (Å²) in [6.45, 7) is 0.967. The maximum absolute atomic E-state index is 14.0. The number of hydrogen-bond donors (Lipinski definition) is 6. The van der Waals surface area contributed by atoms with Gasteiger partial charge in [-0.1, -0.05) is 88.4 Å². The second kappa shape index (κ2) is 35.2. The molecule has 5 atom stereocenters. The summed E-state index contributed by atoms with van der Waals surface area (Å²) in [7, 11) is 11.8. The molecule has 0 aliphatic carbocycles. The molecule has 2 aromatic carbocycles. The van der Waals surface area contributed by atoms with Gasteiger partial charge in [0.15, 0.2) is 12.0 Å². The zero-order valence-electron chi connectivity index (χ0n) is 45.3. The fraction of sp³-hybridized carbons (Fsp3) is 0.451. The number of carbonyl (C=O) groups is 10. The molecule has 0 bridgehead atoms. The van der Waals surface area contributed by atoms with Gasteiger partial charge in [-0.2, -0.15) is 23.5 Å². The van der Waals surface area contributed by atoms with Crippen LogP contribution in [0, 0.1) is 0 Å². The van der Waals surface area contributed by atoms with Gasteiger partial charge in [-0.3, -0.25) is 48.1 Å². The van der Waals surface area contributed by atoms with E-state index in [2.05, 4.69) is 44.4 Å². The Kier molecular flexibility index (Phi) is 30.1. The first-order valence-electron chi connectivity index (χ1n) is 24.3. The number of fused-ring (bicyclic) bond motifs is 2. The number of aromatic hydroxyl groups is 2. The number of thioether (sulfide) groups is 4. The van der Waals surface area contributed by atoms with Crippen LogP contribution in [-0.4, -0.2) is 237 Å². The molecule has 2 aromatic heterocycles. The number of nitrogens with one attached hydrogen (secondary N) is 4. The molecule has 5 rings (SSSR count). The molecule has 430 valence electrons. The first-order valence-corrected chi connectivity index (χ1v) is 31.5. The predicted octanol–water partition coefficient (Wildman–Crippen LogP) is 2.50. The second-order valence-corrected chi connectivity index (χ2v) is 24.0. The summed E-state index contributed by atoms with van der Waals surface area (Å²) >= 11 is 4.74. The number of aromatic nitrogens is 2. The zero-order valence-corrected chi connectivity index (χ0v) is 50.2. The molecule has 0 radical (unpaired) electrons. The van der Waals surface area contributed by atoms with Gasteiger partial charge < -0.3 is 51.0 Å². The average molecular weight is 1210 g/mol. The molecule has 79 heavy (non-hydrogen) atoms. The van der Waals surface area contributed by atoms with E-state index in [-0.39, 0.29) is 64.9 Å². The molecule has 22 nitrogen and oxygen atoms in total. The Hall–Kier alpha value is -5.62. The van der Waals surface area contributed by atoms with E-state index < -0.39 is 82.3 Å². The fourth-order valence-corrected chi connectivity index (χ4v) is 12.3. The third-order valence-corrected chi connectivity index (χ3v) is 17.3. The molecule has 3 heterocycles. The Morgan fingerprint density at radius 1 is 0.873 bits per heavy atom. The first kappa shape index (κ1) is 67.7. The van der Waals surface area contributed by atoms with Gasteiger partial charge in [0.25, 0.3) is 5.91 Å². The molecule has 1 aliphatic heterocycles. The number of para-hydroxylation sites is 2. The van der Waals surface area contributed by atoms with Gasteiger partial charge in [0, 0.05) is 60.7 Å². The van der Waals surface area contributed by atoms with Crippen LogP contribution in [-0.2, 0) is 38.4 Å². The standard InChI is InChI=1S/C38H53N9O10S5.C10H7NO2.C3H8S/c1-39-24(33(52)40-12-13-48)17-59-31(51)16-45(4)36(55)27-21-62-61-20-26(44(2)3)37(56)47(6)28(19-58-7)38(57)60-18-25(34(53)41-15-30(50)46(27)5)43-35(54)32-29(49)14-22-10-8-9-11-23(22)42-32;12-6-9-10(13)5-7-3-1-2-4-8(7)11-9;1-3-4-2/h8-11,13-14,24-28,39,49H,12,15-21H2,1-7H3,(H,40,52)(H,41,53)(H,43,54);1-6,13H;3H2,1-2H3/t24-,25-,26?,27?,28+;;/m1../s1. The number of benzene rings is 2. The number of nitrogens with zero attached hydrogens (tertiary/aromatic N) is 6.